The number of halogens is 1. The van der Waals surface area contributed by atoms with Gasteiger partial charge in [-0.05, 0) is 25.9 Å². The van der Waals surface area contributed by atoms with E-state index in [-0.39, 0.29) is 29.9 Å². The van der Waals surface area contributed by atoms with Crippen LogP contribution in [0.5, 0.6) is 0 Å². The van der Waals surface area contributed by atoms with Crippen LogP contribution in [-0.4, -0.2) is 112 Å². The molecule has 164 valence electrons. The van der Waals surface area contributed by atoms with Gasteiger partial charge in [-0.1, -0.05) is 13.3 Å². The summed E-state index contributed by atoms with van der Waals surface area (Å²) in [5.74, 6) is 1.06. The number of ether oxygens (including phenoxy) is 1. The van der Waals surface area contributed by atoms with Crippen LogP contribution in [0.15, 0.2) is 4.99 Å². The molecule has 0 aromatic heterocycles. The first-order valence-electron chi connectivity index (χ1n) is 10.4. The smallest absolute Gasteiger partial charge is 0.234 e. The lowest BCUT2D eigenvalue weighted by Crippen LogP contribution is -2.55. The fourth-order valence-corrected chi connectivity index (χ4v) is 3.92. The second-order valence-electron chi connectivity index (χ2n) is 7.31. The number of likely N-dealkylation sites (N-methyl/N-ethyl adjacent to an activating group) is 1. The number of rotatable bonds is 8. The number of guanidine groups is 1. The van der Waals surface area contributed by atoms with Gasteiger partial charge in [0.15, 0.2) is 5.96 Å². The van der Waals surface area contributed by atoms with Crippen molar-refractivity contribution < 1.29 is 9.53 Å². The van der Waals surface area contributed by atoms with Crippen LogP contribution in [-0.2, 0) is 9.53 Å². The van der Waals surface area contributed by atoms with Crippen molar-refractivity contribution in [2.45, 2.75) is 32.2 Å². The Kier molecular flexibility index (Phi) is 13.0. The van der Waals surface area contributed by atoms with E-state index in [1.165, 1.54) is 25.8 Å². The van der Waals surface area contributed by atoms with Crippen molar-refractivity contribution in [3.63, 3.8) is 0 Å². The molecule has 2 N–H and O–H groups in total. The summed E-state index contributed by atoms with van der Waals surface area (Å²) in [5.41, 5.74) is 0. The zero-order chi connectivity index (χ0) is 19.5. The number of aliphatic imine (C=N–C) groups is 1. The van der Waals surface area contributed by atoms with Crippen molar-refractivity contribution in [3.8, 4) is 0 Å². The predicted octanol–water partition coefficient (Wildman–Crippen LogP) is 0.434. The Bertz CT molecular complexity index is 471. The zero-order valence-electron chi connectivity index (χ0n) is 17.8. The average molecular weight is 510 g/mol. The second kappa shape index (κ2) is 14.4. The Hall–Kier alpha value is -0.650. The molecule has 9 heteroatoms. The van der Waals surface area contributed by atoms with Gasteiger partial charge in [-0.2, -0.15) is 0 Å². The van der Waals surface area contributed by atoms with Gasteiger partial charge in [0.25, 0.3) is 0 Å². The van der Waals surface area contributed by atoms with Crippen molar-refractivity contribution in [1.29, 1.82) is 0 Å². The van der Waals surface area contributed by atoms with E-state index < -0.39 is 0 Å². The number of piperazine rings is 1. The van der Waals surface area contributed by atoms with Gasteiger partial charge in [0.05, 0.1) is 13.2 Å². The Morgan fingerprint density at radius 3 is 2.54 bits per heavy atom. The lowest BCUT2D eigenvalue weighted by Gasteiger charge is -2.38. The molecule has 0 saturated carbocycles. The van der Waals surface area contributed by atoms with E-state index in [9.17, 15) is 4.79 Å². The summed E-state index contributed by atoms with van der Waals surface area (Å²) in [6.45, 7) is 10.7. The molecule has 2 heterocycles. The first-order chi connectivity index (χ1) is 13.2. The van der Waals surface area contributed by atoms with E-state index in [1.807, 2.05) is 7.05 Å². The van der Waals surface area contributed by atoms with E-state index in [4.69, 9.17) is 4.74 Å². The average Bonchev–Trinajstić information content (AvgIpc) is 2.70. The second-order valence-corrected chi connectivity index (χ2v) is 7.31. The highest BCUT2D eigenvalue weighted by Gasteiger charge is 2.24. The van der Waals surface area contributed by atoms with E-state index in [0.29, 0.717) is 25.7 Å². The molecule has 28 heavy (non-hydrogen) atoms. The summed E-state index contributed by atoms with van der Waals surface area (Å²) < 4.78 is 4.96. The Labute approximate surface area is 187 Å². The molecule has 0 radical (unpaired) electrons. The third kappa shape index (κ3) is 8.38. The summed E-state index contributed by atoms with van der Waals surface area (Å²) in [6.07, 6.45) is 3.91. The molecule has 0 aromatic rings. The highest BCUT2D eigenvalue weighted by Crippen LogP contribution is 2.15. The third-order valence-electron chi connectivity index (χ3n) is 5.53. The number of likely N-dealkylation sites (tertiary alicyclic amines) is 1. The van der Waals surface area contributed by atoms with E-state index >= 15 is 0 Å². The molecule has 0 aromatic carbocycles. The van der Waals surface area contributed by atoms with Crippen LogP contribution < -0.4 is 10.6 Å². The normalized spacial score (nSPS) is 21.9. The molecule has 0 aliphatic carbocycles. The molecule has 1 unspecified atom stereocenters. The Morgan fingerprint density at radius 2 is 1.89 bits per heavy atom. The number of amides is 1. The number of carbonyl (C=O) groups excluding carboxylic acids is 1. The molecule has 2 rings (SSSR count). The topological polar surface area (TPSA) is 72.4 Å². The van der Waals surface area contributed by atoms with Gasteiger partial charge in [0.1, 0.15) is 0 Å². The molecule has 2 aliphatic heterocycles. The maximum absolute atomic E-state index is 11.9. The minimum atomic E-state index is 0. The number of hydrogen-bond acceptors (Lipinski definition) is 5. The fourth-order valence-electron chi connectivity index (χ4n) is 3.92. The number of carbonyl (C=O) groups is 1. The molecular weight excluding hydrogens is 471 g/mol. The van der Waals surface area contributed by atoms with Gasteiger partial charge < -0.3 is 20.3 Å². The summed E-state index contributed by atoms with van der Waals surface area (Å²) in [4.78, 5) is 23.5. The van der Waals surface area contributed by atoms with E-state index in [2.05, 4.69) is 37.2 Å². The van der Waals surface area contributed by atoms with E-state index in [1.54, 1.807) is 7.11 Å². The van der Waals surface area contributed by atoms with Crippen molar-refractivity contribution in [2.24, 2.45) is 4.99 Å². The van der Waals surface area contributed by atoms with Crippen molar-refractivity contribution in [1.82, 2.24) is 25.3 Å². The Balaban J connectivity index is 0.00000392. The van der Waals surface area contributed by atoms with Crippen LogP contribution in [0.4, 0.5) is 0 Å². The van der Waals surface area contributed by atoms with Gasteiger partial charge in [-0.25, -0.2) is 0 Å². The van der Waals surface area contributed by atoms with Gasteiger partial charge >= 0.3 is 0 Å². The highest BCUT2D eigenvalue weighted by molar-refractivity contribution is 14.0. The summed E-state index contributed by atoms with van der Waals surface area (Å²) in [6, 6.07) is 0.609. The number of piperidine rings is 1. The maximum atomic E-state index is 11.9. The molecule has 1 amide bonds. The molecular formula is C19H39IN6O2. The van der Waals surface area contributed by atoms with Crippen LogP contribution >= 0.6 is 24.0 Å². The minimum Gasteiger partial charge on any atom is -0.383 e. The van der Waals surface area contributed by atoms with Crippen LogP contribution in [0.2, 0.25) is 0 Å². The first-order valence-corrected chi connectivity index (χ1v) is 10.4. The van der Waals surface area contributed by atoms with Crippen LogP contribution in [0.1, 0.15) is 26.2 Å². The fraction of sp³-hybridized carbons (Fsp3) is 0.895. The van der Waals surface area contributed by atoms with Gasteiger partial charge in [-0.15, -0.1) is 24.0 Å². The van der Waals surface area contributed by atoms with Crippen molar-refractivity contribution >= 4 is 35.8 Å². The third-order valence-corrected chi connectivity index (χ3v) is 5.53. The predicted molar refractivity (Wildman–Crippen MR) is 125 cm³/mol. The number of nitrogens with one attached hydrogen (secondary N) is 2. The van der Waals surface area contributed by atoms with Crippen molar-refractivity contribution in [3.05, 3.63) is 0 Å². The number of methoxy groups -OCH3 is 1. The molecule has 8 nitrogen and oxygen atoms in total. The van der Waals surface area contributed by atoms with Gasteiger partial charge in [-0.3, -0.25) is 19.6 Å². The number of nitrogens with zero attached hydrogens (tertiary/aromatic N) is 4. The quantitative estimate of drug-likeness (QED) is 0.214. The van der Waals surface area contributed by atoms with Gasteiger partial charge in [0.2, 0.25) is 5.91 Å². The van der Waals surface area contributed by atoms with Crippen molar-refractivity contribution in [2.75, 3.05) is 79.7 Å². The molecule has 2 saturated heterocycles. The molecule has 2 fully saturated rings. The SMILES string of the molecule is CCN1CCCCC1CNC(=NC)N1CCN(CC(=O)NCCOC)CC1.I. The van der Waals surface area contributed by atoms with Crippen LogP contribution in [0, 0.1) is 0 Å². The highest BCUT2D eigenvalue weighted by atomic mass is 127. The van der Waals surface area contributed by atoms with Crippen LogP contribution in [0.3, 0.4) is 0 Å². The lowest BCUT2D eigenvalue weighted by atomic mass is 10.0. The monoisotopic (exact) mass is 510 g/mol. The summed E-state index contributed by atoms with van der Waals surface area (Å²) >= 11 is 0. The first kappa shape index (κ1) is 25.4. The maximum Gasteiger partial charge on any atom is 0.234 e. The zero-order valence-corrected chi connectivity index (χ0v) is 20.1. The lowest BCUT2D eigenvalue weighted by molar-refractivity contribution is -0.122. The molecule has 2 aliphatic rings. The largest absolute Gasteiger partial charge is 0.383 e. The summed E-state index contributed by atoms with van der Waals surface area (Å²) in [5, 5.41) is 6.47. The molecule has 0 bridgehead atoms. The minimum absolute atomic E-state index is 0. The van der Waals surface area contributed by atoms with Gasteiger partial charge in [0, 0.05) is 59.5 Å². The Morgan fingerprint density at radius 1 is 1.14 bits per heavy atom. The van der Waals surface area contributed by atoms with Crippen LogP contribution in [0.25, 0.3) is 0 Å². The number of hydrogen-bond donors (Lipinski definition) is 2. The standard InChI is InChI=1S/C19H38N6O2.HI/c1-4-24-9-6-5-7-17(24)15-22-19(20-2)25-12-10-23(11-13-25)16-18(26)21-8-14-27-3;/h17H,4-16H2,1-3H3,(H,20,22)(H,21,26);1H. The molecule has 0 spiro atoms. The summed E-state index contributed by atoms with van der Waals surface area (Å²) in [7, 11) is 3.50. The molecule has 1 atom stereocenters. The van der Waals surface area contributed by atoms with E-state index in [0.717, 1.165) is 45.2 Å².